The van der Waals surface area contributed by atoms with Crippen LogP contribution in [0.4, 0.5) is 5.69 Å². The van der Waals surface area contributed by atoms with E-state index in [1.165, 1.54) is 11.8 Å². The lowest BCUT2D eigenvalue weighted by Crippen LogP contribution is -2.16. The summed E-state index contributed by atoms with van der Waals surface area (Å²) in [7, 11) is 1.61. The van der Waals surface area contributed by atoms with Crippen molar-refractivity contribution in [2.75, 3.05) is 18.2 Å². The van der Waals surface area contributed by atoms with Gasteiger partial charge in [-0.25, -0.2) is 0 Å². The Hall–Kier alpha value is -3.78. The monoisotopic (exact) mass is 502 g/mol. The van der Waals surface area contributed by atoms with Crippen molar-refractivity contribution in [3.05, 3.63) is 90.3 Å². The second kappa shape index (κ2) is 11.8. The summed E-state index contributed by atoms with van der Waals surface area (Å²) in [4.78, 5) is 12.8. The van der Waals surface area contributed by atoms with E-state index in [-0.39, 0.29) is 11.7 Å². The molecule has 1 aromatic heterocycles. The number of ether oxygens (including phenoxy) is 2. The highest BCUT2D eigenvalue weighted by molar-refractivity contribution is 7.99. The number of amides is 1. The zero-order valence-corrected chi connectivity index (χ0v) is 21.7. The highest BCUT2D eigenvalue weighted by Crippen LogP contribution is 2.32. The van der Waals surface area contributed by atoms with Crippen LogP contribution in [0.15, 0.2) is 84.0 Å². The second-order valence-electron chi connectivity index (χ2n) is 8.50. The molecule has 1 N–H and O–H groups in total. The molecule has 1 atom stereocenters. The topological polar surface area (TPSA) is 78.3 Å². The third-order valence-corrected chi connectivity index (χ3v) is 6.53. The van der Waals surface area contributed by atoms with Crippen LogP contribution >= 0.6 is 11.8 Å². The van der Waals surface area contributed by atoms with E-state index in [0.29, 0.717) is 28.4 Å². The van der Waals surface area contributed by atoms with E-state index in [2.05, 4.69) is 29.4 Å². The molecule has 0 aliphatic heterocycles. The number of carbonyl (C=O) groups excluding carboxylic acids is 1. The van der Waals surface area contributed by atoms with Gasteiger partial charge in [0.05, 0.1) is 12.9 Å². The van der Waals surface area contributed by atoms with Gasteiger partial charge < -0.3 is 14.8 Å². The van der Waals surface area contributed by atoms with E-state index in [9.17, 15) is 4.79 Å². The average molecular weight is 503 g/mol. The molecule has 36 heavy (non-hydrogen) atoms. The Bertz CT molecular complexity index is 1310. The molecule has 8 heteroatoms. The Morgan fingerprint density at radius 3 is 2.31 bits per heavy atom. The van der Waals surface area contributed by atoms with E-state index in [0.717, 1.165) is 16.9 Å². The van der Waals surface area contributed by atoms with E-state index in [1.807, 2.05) is 90.4 Å². The standard InChI is InChI=1S/C28H30N4O3S/c1-19(2)22-14-8-9-15-23(22)29-26(33)18-36-28-31-30-27(32(28)21-12-6-5-7-13-21)20(3)35-25-17-11-10-16-24(25)34-4/h5-17,19-20H,18H2,1-4H3,(H,29,33). The summed E-state index contributed by atoms with van der Waals surface area (Å²) in [6, 6.07) is 25.2. The van der Waals surface area contributed by atoms with Crippen molar-refractivity contribution in [1.29, 1.82) is 0 Å². The molecule has 1 unspecified atom stereocenters. The molecular formula is C28H30N4O3S. The van der Waals surface area contributed by atoms with Crippen molar-refractivity contribution >= 4 is 23.4 Å². The number of anilines is 1. The van der Waals surface area contributed by atoms with Crippen molar-refractivity contribution in [1.82, 2.24) is 14.8 Å². The number of aromatic nitrogens is 3. The van der Waals surface area contributed by atoms with Crippen LogP contribution in [0, 0.1) is 0 Å². The van der Waals surface area contributed by atoms with Crippen LogP contribution in [0.5, 0.6) is 11.5 Å². The second-order valence-corrected chi connectivity index (χ2v) is 9.44. The normalized spacial score (nSPS) is 11.8. The van der Waals surface area contributed by atoms with Crippen molar-refractivity contribution in [2.24, 2.45) is 0 Å². The van der Waals surface area contributed by atoms with Crippen molar-refractivity contribution in [3.8, 4) is 17.2 Å². The zero-order valence-electron chi connectivity index (χ0n) is 20.8. The minimum atomic E-state index is -0.421. The Morgan fingerprint density at radius 2 is 1.58 bits per heavy atom. The molecule has 3 aromatic carbocycles. The van der Waals surface area contributed by atoms with Crippen molar-refractivity contribution in [3.63, 3.8) is 0 Å². The number of carbonyl (C=O) groups is 1. The van der Waals surface area contributed by atoms with Crippen LogP contribution in [0.25, 0.3) is 5.69 Å². The summed E-state index contributed by atoms with van der Waals surface area (Å²) in [5, 5.41) is 12.5. The Balaban J connectivity index is 1.55. The molecule has 0 saturated heterocycles. The summed E-state index contributed by atoms with van der Waals surface area (Å²) >= 11 is 1.33. The number of nitrogens with one attached hydrogen (secondary N) is 1. The predicted octanol–water partition coefficient (Wildman–Crippen LogP) is 6.27. The molecule has 0 bridgehead atoms. The number of thioether (sulfide) groups is 1. The number of methoxy groups -OCH3 is 1. The van der Waals surface area contributed by atoms with Crippen LogP contribution in [-0.2, 0) is 4.79 Å². The Kier molecular flexibility index (Phi) is 8.28. The van der Waals surface area contributed by atoms with Gasteiger partial charge in [-0.1, -0.05) is 74.1 Å². The summed E-state index contributed by atoms with van der Waals surface area (Å²) in [5.41, 5.74) is 2.83. The lowest BCUT2D eigenvalue weighted by molar-refractivity contribution is -0.113. The molecule has 1 heterocycles. The molecule has 0 aliphatic carbocycles. The van der Waals surface area contributed by atoms with Gasteiger partial charge in [-0.05, 0) is 48.7 Å². The van der Waals surface area contributed by atoms with Crippen molar-refractivity contribution < 1.29 is 14.3 Å². The quantitative estimate of drug-likeness (QED) is 0.258. The predicted molar refractivity (Wildman–Crippen MR) is 143 cm³/mol. The van der Waals surface area contributed by atoms with Gasteiger partial charge in [-0.2, -0.15) is 0 Å². The van der Waals surface area contributed by atoms with Crippen LogP contribution < -0.4 is 14.8 Å². The van der Waals surface area contributed by atoms with Crippen LogP contribution in [0.1, 0.15) is 44.2 Å². The summed E-state index contributed by atoms with van der Waals surface area (Å²) < 4.78 is 13.6. The first kappa shape index (κ1) is 25.3. The fraction of sp³-hybridized carbons (Fsp3) is 0.250. The molecule has 4 rings (SSSR count). The molecule has 0 aliphatic rings. The molecular weight excluding hydrogens is 472 g/mol. The Morgan fingerprint density at radius 1 is 0.917 bits per heavy atom. The van der Waals surface area contributed by atoms with Gasteiger partial charge in [0.25, 0.3) is 0 Å². The van der Waals surface area contributed by atoms with E-state index in [1.54, 1.807) is 7.11 Å². The van der Waals surface area contributed by atoms with Crippen LogP contribution in [0.2, 0.25) is 0 Å². The minimum absolute atomic E-state index is 0.101. The molecule has 7 nitrogen and oxygen atoms in total. The third kappa shape index (κ3) is 5.88. The first-order valence-electron chi connectivity index (χ1n) is 11.8. The maximum absolute atomic E-state index is 12.8. The SMILES string of the molecule is COc1ccccc1OC(C)c1nnc(SCC(=O)Nc2ccccc2C(C)C)n1-c1ccccc1. The number of nitrogens with zero attached hydrogens (tertiary/aromatic N) is 3. The van der Waals surface area contributed by atoms with Crippen LogP contribution in [0.3, 0.4) is 0 Å². The number of hydrogen-bond donors (Lipinski definition) is 1. The number of benzene rings is 3. The van der Waals surface area contributed by atoms with Gasteiger partial charge in [-0.15, -0.1) is 10.2 Å². The van der Waals surface area contributed by atoms with Gasteiger partial charge in [0.1, 0.15) is 0 Å². The van der Waals surface area contributed by atoms with Crippen LogP contribution in [-0.4, -0.2) is 33.5 Å². The summed E-state index contributed by atoms with van der Waals surface area (Å²) in [6.07, 6.45) is -0.421. The smallest absolute Gasteiger partial charge is 0.234 e. The molecule has 0 spiro atoms. The fourth-order valence-electron chi connectivity index (χ4n) is 3.85. The number of rotatable bonds is 10. The highest BCUT2D eigenvalue weighted by Gasteiger charge is 2.22. The number of para-hydroxylation sites is 4. The number of hydrogen-bond acceptors (Lipinski definition) is 6. The largest absolute Gasteiger partial charge is 0.493 e. The average Bonchev–Trinajstić information content (AvgIpc) is 3.33. The Labute approximate surface area is 215 Å². The molecule has 186 valence electrons. The lowest BCUT2D eigenvalue weighted by atomic mass is 10.0. The van der Waals surface area contributed by atoms with Gasteiger partial charge in [0.15, 0.2) is 28.6 Å². The maximum atomic E-state index is 12.8. The first-order valence-corrected chi connectivity index (χ1v) is 12.8. The van der Waals surface area contributed by atoms with Gasteiger partial charge in [0.2, 0.25) is 5.91 Å². The van der Waals surface area contributed by atoms with E-state index < -0.39 is 6.10 Å². The fourth-order valence-corrected chi connectivity index (χ4v) is 4.61. The molecule has 4 aromatic rings. The zero-order chi connectivity index (χ0) is 25.5. The molecule has 0 saturated carbocycles. The van der Waals surface area contributed by atoms with Crippen molar-refractivity contribution in [2.45, 2.75) is 37.9 Å². The van der Waals surface area contributed by atoms with Gasteiger partial charge >= 0.3 is 0 Å². The van der Waals surface area contributed by atoms with Gasteiger partial charge in [0, 0.05) is 11.4 Å². The molecule has 0 radical (unpaired) electrons. The molecule has 0 fully saturated rings. The lowest BCUT2D eigenvalue weighted by Gasteiger charge is -2.18. The van der Waals surface area contributed by atoms with E-state index >= 15 is 0 Å². The van der Waals surface area contributed by atoms with E-state index in [4.69, 9.17) is 9.47 Å². The third-order valence-electron chi connectivity index (χ3n) is 5.60. The first-order chi connectivity index (χ1) is 17.5. The highest BCUT2D eigenvalue weighted by atomic mass is 32.2. The summed E-state index contributed by atoms with van der Waals surface area (Å²) in [6.45, 7) is 6.13. The maximum Gasteiger partial charge on any atom is 0.234 e. The summed E-state index contributed by atoms with van der Waals surface area (Å²) in [5.74, 6) is 2.29. The molecule has 1 amide bonds. The minimum Gasteiger partial charge on any atom is -0.493 e. The van der Waals surface area contributed by atoms with Gasteiger partial charge in [-0.3, -0.25) is 9.36 Å².